The second-order valence-corrected chi connectivity index (χ2v) is 5.14. The van der Waals surface area contributed by atoms with Crippen LogP contribution in [-0.2, 0) is 6.54 Å². The number of hydrogen-bond acceptors (Lipinski definition) is 1. The highest BCUT2D eigenvalue weighted by Gasteiger charge is 2.14. The van der Waals surface area contributed by atoms with Crippen molar-refractivity contribution in [2.45, 2.75) is 65.3 Å². The zero-order chi connectivity index (χ0) is 12.1. The molecule has 1 rings (SSSR count). The van der Waals surface area contributed by atoms with E-state index in [1.54, 1.807) is 0 Å². The van der Waals surface area contributed by atoms with E-state index in [0.29, 0.717) is 0 Å². The molecule has 0 amide bonds. The third-order valence-electron chi connectivity index (χ3n) is 3.06. The predicted octanol–water partition coefficient (Wildman–Crippen LogP) is 4.38. The lowest BCUT2D eigenvalue weighted by molar-refractivity contribution is 0.529. The predicted molar refractivity (Wildman–Crippen MR) is 70.1 cm³/mol. The van der Waals surface area contributed by atoms with Crippen LogP contribution in [-0.4, -0.2) is 9.78 Å². The highest BCUT2D eigenvalue weighted by molar-refractivity contribution is 6.20. The Balaban J connectivity index is 2.64. The first-order valence-corrected chi connectivity index (χ1v) is 6.69. The summed E-state index contributed by atoms with van der Waals surface area (Å²) in [7, 11) is 0. The fourth-order valence-corrected chi connectivity index (χ4v) is 2.51. The van der Waals surface area contributed by atoms with Crippen molar-refractivity contribution in [1.82, 2.24) is 9.78 Å². The van der Waals surface area contributed by atoms with E-state index in [4.69, 9.17) is 11.6 Å². The summed E-state index contributed by atoms with van der Waals surface area (Å²) in [6, 6.07) is 0. The van der Waals surface area contributed by atoms with E-state index in [1.165, 1.54) is 36.9 Å². The molecule has 0 spiro atoms. The van der Waals surface area contributed by atoms with Crippen molar-refractivity contribution in [3.8, 4) is 0 Å². The van der Waals surface area contributed by atoms with Gasteiger partial charge in [0.05, 0.1) is 11.1 Å². The molecule has 3 heteroatoms. The molecule has 92 valence electrons. The molecule has 0 aromatic carbocycles. The lowest BCUT2D eigenvalue weighted by Crippen LogP contribution is -2.03. The van der Waals surface area contributed by atoms with Gasteiger partial charge < -0.3 is 0 Å². The molecule has 0 aliphatic rings. The van der Waals surface area contributed by atoms with Crippen molar-refractivity contribution in [3.63, 3.8) is 0 Å². The largest absolute Gasteiger partial charge is 0.269 e. The highest BCUT2D eigenvalue weighted by Crippen LogP contribution is 2.26. The molecule has 1 aromatic rings. The van der Waals surface area contributed by atoms with Gasteiger partial charge in [-0.05, 0) is 27.2 Å². The Hall–Kier alpha value is -0.500. The van der Waals surface area contributed by atoms with Gasteiger partial charge in [-0.1, -0.05) is 26.2 Å². The van der Waals surface area contributed by atoms with Crippen LogP contribution in [0.2, 0.25) is 0 Å². The number of aryl methyl sites for hydroxylation is 2. The van der Waals surface area contributed by atoms with Gasteiger partial charge in [0.1, 0.15) is 0 Å². The molecule has 0 aliphatic carbocycles. The number of halogens is 1. The summed E-state index contributed by atoms with van der Waals surface area (Å²) in [6.07, 6.45) is 5.10. The lowest BCUT2D eigenvalue weighted by Gasteiger charge is -2.06. The van der Waals surface area contributed by atoms with Crippen LogP contribution in [0.5, 0.6) is 0 Å². The number of alkyl halides is 1. The number of aromatic nitrogens is 2. The normalized spacial score (nSPS) is 13.1. The van der Waals surface area contributed by atoms with E-state index in [9.17, 15) is 0 Å². The second-order valence-electron chi connectivity index (χ2n) is 4.48. The Morgan fingerprint density at radius 2 is 1.94 bits per heavy atom. The molecule has 0 aliphatic heterocycles. The zero-order valence-corrected chi connectivity index (χ0v) is 11.6. The molecule has 0 bridgehead atoms. The van der Waals surface area contributed by atoms with Gasteiger partial charge in [0, 0.05) is 17.8 Å². The Bertz CT molecular complexity index is 329. The minimum Gasteiger partial charge on any atom is -0.269 e. The van der Waals surface area contributed by atoms with Crippen LogP contribution in [0.1, 0.15) is 61.9 Å². The number of rotatable bonds is 6. The average molecular weight is 243 g/mol. The van der Waals surface area contributed by atoms with Gasteiger partial charge in [0.2, 0.25) is 0 Å². The van der Waals surface area contributed by atoms with Gasteiger partial charge in [-0.2, -0.15) is 5.10 Å². The SMILES string of the molecule is CCCCCCn1nc(C)c(C(C)Cl)c1C. The third-order valence-corrected chi connectivity index (χ3v) is 3.28. The standard InChI is InChI=1S/C13H23ClN2/c1-5-6-7-8-9-16-12(4)13(10(2)14)11(3)15-16/h10H,5-9H2,1-4H3. The van der Waals surface area contributed by atoms with Gasteiger partial charge in [-0.15, -0.1) is 11.6 Å². The smallest absolute Gasteiger partial charge is 0.0643 e. The molecule has 0 N–H and O–H groups in total. The molecular weight excluding hydrogens is 220 g/mol. The van der Waals surface area contributed by atoms with E-state index in [1.807, 2.05) is 13.8 Å². The lowest BCUT2D eigenvalue weighted by atomic mass is 10.1. The molecule has 0 saturated heterocycles. The van der Waals surface area contributed by atoms with Crippen LogP contribution in [0.25, 0.3) is 0 Å². The molecule has 0 radical (unpaired) electrons. The van der Waals surface area contributed by atoms with Crippen molar-refractivity contribution in [3.05, 3.63) is 17.0 Å². The van der Waals surface area contributed by atoms with Gasteiger partial charge >= 0.3 is 0 Å². The Kier molecular flexibility index (Phi) is 5.33. The van der Waals surface area contributed by atoms with Crippen LogP contribution in [0, 0.1) is 13.8 Å². The van der Waals surface area contributed by atoms with Crippen molar-refractivity contribution in [1.29, 1.82) is 0 Å². The average Bonchev–Trinajstić information content (AvgIpc) is 2.49. The van der Waals surface area contributed by atoms with Crippen molar-refractivity contribution >= 4 is 11.6 Å². The van der Waals surface area contributed by atoms with Crippen LogP contribution < -0.4 is 0 Å². The second kappa shape index (κ2) is 6.29. The van der Waals surface area contributed by atoms with Gasteiger partial charge in [-0.3, -0.25) is 4.68 Å². The summed E-state index contributed by atoms with van der Waals surface area (Å²) in [6.45, 7) is 9.44. The molecule has 0 saturated carbocycles. The Morgan fingerprint density at radius 3 is 2.44 bits per heavy atom. The zero-order valence-electron chi connectivity index (χ0n) is 10.9. The summed E-state index contributed by atoms with van der Waals surface area (Å²) in [5.41, 5.74) is 3.52. The molecule has 1 heterocycles. The quantitative estimate of drug-likeness (QED) is 0.535. The number of nitrogens with zero attached hydrogens (tertiary/aromatic N) is 2. The van der Waals surface area contributed by atoms with E-state index >= 15 is 0 Å². The van der Waals surface area contributed by atoms with Gasteiger partial charge in [0.15, 0.2) is 0 Å². The first-order valence-electron chi connectivity index (χ1n) is 6.25. The third kappa shape index (κ3) is 3.24. The topological polar surface area (TPSA) is 17.8 Å². The van der Waals surface area contributed by atoms with Crippen LogP contribution in [0.15, 0.2) is 0 Å². The minimum atomic E-state index is 0.0596. The van der Waals surface area contributed by atoms with E-state index in [-0.39, 0.29) is 5.38 Å². The molecule has 1 atom stereocenters. The molecule has 16 heavy (non-hydrogen) atoms. The summed E-state index contributed by atoms with van der Waals surface area (Å²) in [5.74, 6) is 0. The Labute approximate surface area is 104 Å². The first-order chi connectivity index (χ1) is 7.57. The van der Waals surface area contributed by atoms with Crippen molar-refractivity contribution in [2.75, 3.05) is 0 Å². The van der Waals surface area contributed by atoms with Crippen molar-refractivity contribution < 1.29 is 0 Å². The number of hydrogen-bond donors (Lipinski definition) is 0. The molecule has 1 aromatic heterocycles. The summed E-state index contributed by atoms with van der Waals surface area (Å²) < 4.78 is 2.11. The van der Waals surface area contributed by atoms with Crippen LogP contribution >= 0.6 is 11.6 Å². The first kappa shape index (κ1) is 13.6. The Morgan fingerprint density at radius 1 is 1.25 bits per heavy atom. The van der Waals surface area contributed by atoms with E-state index in [2.05, 4.69) is 23.6 Å². The highest BCUT2D eigenvalue weighted by atomic mass is 35.5. The van der Waals surface area contributed by atoms with Crippen LogP contribution in [0.3, 0.4) is 0 Å². The van der Waals surface area contributed by atoms with E-state index in [0.717, 1.165) is 12.2 Å². The summed E-state index contributed by atoms with van der Waals surface area (Å²) in [4.78, 5) is 0. The maximum absolute atomic E-state index is 6.16. The number of unbranched alkanes of at least 4 members (excludes halogenated alkanes) is 3. The summed E-state index contributed by atoms with van der Waals surface area (Å²) in [5, 5.41) is 4.62. The van der Waals surface area contributed by atoms with E-state index < -0.39 is 0 Å². The maximum Gasteiger partial charge on any atom is 0.0643 e. The molecule has 1 unspecified atom stereocenters. The maximum atomic E-state index is 6.16. The summed E-state index contributed by atoms with van der Waals surface area (Å²) >= 11 is 6.16. The molecular formula is C13H23ClN2. The fourth-order valence-electron chi connectivity index (χ4n) is 2.19. The monoisotopic (exact) mass is 242 g/mol. The fraction of sp³-hybridized carbons (Fsp3) is 0.769. The molecule has 0 fully saturated rings. The van der Waals surface area contributed by atoms with Gasteiger partial charge in [-0.25, -0.2) is 0 Å². The van der Waals surface area contributed by atoms with Crippen molar-refractivity contribution in [2.24, 2.45) is 0 Å². The van der Waals surface area contributed by atoms with Crippen LogP contribution in [0.4, 0.5) is 0 Å². The molecule has 2 nitrogen and oxygen atoms in total. The minimum absolute atomic E-state index is 0.0596. The van der Waals surface area contributed by atoms with Gasteiger partial charge in [0.25, 0.3) is 0 Å².